The van der Waals surface area contributed by atoms with E-state index >= 15 is 0 Å². The third kappa shape index (κ3) is 5.56. The van der Waals surface area contributed by atoms with Gasteiger partial charge in [-0.3, -0.25) is 0 Å². The lowest BCUT2D eigenvalue weighted by Gasteiger charge is -2.15. The number of hydrogen-bond acceptors (Lipinski definition) is 7. The van der Waals surface area contributed by atoms with Gasteiger partial charge < -0.3 is 4.74 Å². The Labute approximate surface area is 220 Å². The van der Waals surface area contributed by atoms with E-state index < -0.39 is 8.07 Å². The summed E-state index contributed by atoms with van der Waals surface area (Å²) in [6.45, 7) is 10.1. The quantitative estimate of drug-likeness (QED) is 0.170. The molecule has 0 atom stereocenters. The van der Waals surface area contributed by atoms with Crippen LogP contribution in [0.25, 0.3) is 26.8 Å². The predicted molar refractivity (Wildman–Crippen MR) is 146 cm³/mol. The molecule has 0 bridgehead atoms. The van der Waals surface area contributed by atoms with Gasteiger partial charge in [0.05, 0.1) is 27.3 Å². The topological polar surface area (TPSA) is 83.0 Å². The Morgan fingerprint density at radius 1 is 1.06 bits per heavy atom. The van der Waals surface area contributed by atoms with Gasteiger partial charge in [0.15, 0.2) is 5.82 Å². The number of hydrogen-bond donors (Lipinski definition) is 0. The summed E-state index contributed by atoms with van der Waals surface area (Å²) in [5.74, 6) is 0.646. The number of halogens is 1. The van der Waals surface area contributed by atoms with Crippen LogP contribution in [0.1, 0.15) is 17.0 Å². The molecular formula is C25H28ClN7OSSi. The molecule has 5 rings (SSSR count). The number of thiazole rings is 1. The number of benzene rings is 1. The zero-order chi connectivity index (χ0) is 25.3. The smallest absolute Gasteiger partial charge is 0.193 e. The van der Waals surface area contributed by atoms with E-state index in [4.69, 9.17) is 26.4 Å². The highest BCUT2D eigenvalue weighted by Gasteiger charge is 2.22. The third-order valence-corrected chi connectivity index (χ3v) is 8.84. The van der Waals surface area contributed by atoms with Crippen LogP contribution in [-0.2, 0) is 17.9 Å². The maximum Gasteiger partial charge on any atom is 0.193 e. The number of aromatic nitrogens is 7. The van der Waals surface area contributed by atoms with Crippen molar-refractivity contribution >= 4 is 36.5 Å². The van der Waals surface area contributed by atoms with Crippen molar-refractivity contribution in [1.29, 1.82) is 0 Å². The van der Waals surface area contributed by atoms with Crippen molar-refractivity contribution in [3.63, 3.8) is 0 Å². The second kappa shape index (κ2) is 10.2. The van der Waals surface area contributed by atoms with Crippen LogP contribution in [0.4, 0.5) is 0 Å². The molecule has 0 radical (unpaired) electrons. The highest BCUT2D eigenvalue weighted by Crippen LogP contribution is 2.38. The lowest BCUT2D eigenvalue weighted by atomic mass is 10.1. The molecule has 5 aromatic rings. The maximum atomic E-state index is 6.11. The SMILES string of the molecule is Cc1nn2cnccc2c1-c1nc(Cc2ccc(Cl)cc2)c(-c2ncn(COCC[Si](C)(C)C)n2)s1. The van der Waals surface area contributed by atoms with Gasteiger partial charge in [0, 0.05) is 32.3 Å². The molecule has 0 spiro atoms. The van der Waals surface area contributed by atoms with Crippen molar-refractivity contribution in [3.05, 3.63) is 71.2 Å². The van der Waals surface area contributed by atoms with Crippen molar-refractivity contribution in [2.75, 3.05) is 6.61 Å². The number of rotatable bonds is 9. The number of fused-ring (bicyclic) bond motifs is 1. The summed E-state index contributed by atoms with van der Waals surface area (Å²) in [6, 6.07) is 10.9. The maximum absolute atomic E-state index is 6.11. The largest absolute Gasteiger partial charge is 0.359 e. The van der Waals surface area contributed by atoms with Crippen molar-refractivity contribution < 1.29 is 4.74 Å². The fourth-order valence-electron chi connectivity index (χ4n) is 3.84. The molecule has 0 N–H and O–H groups in total. The minimum absolute atomic E-state index is 0.385. The second-order valence-corrected chi connectivity index (χ2v) is 17.0. The van der Waals surface area contributed by atoms with Crippen LogP contribution >= 0.6 is 22.9 Å². The highest BCUT2D eigenvalue weighted by atomic mass is 35.5. The fraction of sp³-hybridized carbons (Fsp3) is 0.320. The summed E-state index contributed by atoms with van der Waals surface area (Å²) < 4.78 is 9.40. The molecule has 0 amide bonds. The fourth-order valence-corrected chi connectivity index (χ4v) is 5.85. The number of nitrogens with zero attached hydrogens (tertiary/aromatic N) is 7. The first-order valence-electron chi connectivity index (χ1n) is 11.8. The summed E-state index contributed by atoms with van der Waals surface area (Å²) >= 11 is 7.69. The first-order chi connectivity index (χ1) is 17.3. The molecule has 0 aliphatic heterocycles. The van der Waals surface area contributed by atoms with E-state index in [0.29, 0.717) is 24.0 Å². The Morgan fingerprint density at radius 3 is 2.64 bits per heavy atom. The minimum atomic E-state index is -1.14. The van der Waals surface area contributed by atoms with Gasteiger partial charge in [0.1, 0.15) is 24.4 Å². The van der Waals surface area contributed by atoms with Crippen molar-refractivity contribution in [2.45, 2.75) is 45.8 Å². The standard InChI is InChI=1S/C25H28ClN7OSSi/c1-17-22(21-9-10-27-14-33(21)30-17)25-29-20(13-18-5-7-19(26)8-6-18)23(35-25)24-28-15-32(31-24)16-34-11-12-36(2,3)4/h5-10,14-15H,11-13,16H2,1-4H3. The van der Waals surface area contributed by atoms with E-state index in [0.717, 1.165) is 50.6 Å². The predicted octanol–water partition coefficient (Wildman–Crippen LogP) is 5.98. The Balaban J connectivity index is 1.48. The van der Waals surface area contributed by atoms with E-state index in [1.165, 1.54) is 0 Å². The van der Waals surface area contributed by atoms with Crippen LogP contribution < -0.4 is 0 Å². The molecule has 36 heavy (non-hydrogen) atoms. The van der Waals surface area contributed by atoms with Crippen LogP contribution in [-0.4, -0.2) is 49.0 Å². The summed E-state index contributed by atoms with van der Waals surface area (Å²) in [6.07, 6.45) is 5.85. The van der Waals surface area contributed by atoms with Gasteiger partial charge in [-0.2, -0.15) is 5.10 Å². The Bertz CT molecular complexity index is 1490. The summed E-state index contributed by atoms with van der Waals surface area (Å²) in [7, 11) is -1.14. The van der Waals surface area contributed by atoms with Gasteiger partial charge in [-0.05, 0) is 36.7 Å². The molecule has 1 aromatic carbocycles. The van der Waals surface area contributed by atoms with Crippen molar-refractivity contribution in [1.82, 2.24) is 34.3 Å². The van der Waals surface area contributed by atoms with E-state index in [1.807, 2.05) is 37.3 Å². The minimum Gasteiger partial charge on any atom is -0.359 e. The monoisotopic (exact) mass is 537 g/mol. The molecule has 0 saturated carbocycles. The first-order valence-corrected chi connectivity index (χ1v) is 16.7. The molecular weight excluding hydrogens is 510 g/mol. The van der Waals surface area contributed by atoms with E-state index in [1.54, 1.807) is 39.4 Å². The highest BCUT2D eigenvalue weighted by molar-refractivity contribution is 7.18. The van der Waals surface area contributed by atoms with Crippen molar-refractivity contribution in [3.8, 4) is 21.3 Å². The molecule has 0 aliphatic carbocycles. The normalized spacial score (nSPS) is 12.0. The van der Waals surface area contributed by atoms with Gasteiger partial charge in [0.25, 0.3) is 0 Å². The molecule has 11 heteroatoms. The Hall–Kier alpha value is -2.92. The average Bonchev–Trinajstić information content (AvgIpc) is 3.54. The van der Waals surface area contributed by atoms with Crippen molar-refractivity contribution in [2.24, 2.45) is 0 Å². The molecule has 186 valence electrons. The van der Waals surface area contributed by atoms with E-state index in [9.17, 15) is 0 Å². The molecule has 8 nitrogen and oxygen atoms in total. The van der Waals surface area contributed by atoms with Gasteiger partial charge in [-0.25, -0.2) is 24.1 Å². The summed E-state index contributed by atoms with van der Waals surface area (Å²) in [4.78, 5) is 14.8. The van der Waals surface area contributed by atoms with Gasteiger partial charge >= 0.3 is 0 Å². The lowest BCUT2D eigenvalue weighted by Crippen LogP contribution is -2.22. The third-order valence-electron chi connectivity index (χ3n) is 5.77. The van der Waals surface area contributed by atoms with Crippen LogP contribution in [0, 0.1) is 6.92 Å². The molecule has 0 saturated heterocycles. The molecule has 0 unspecified atom stereocenters. The second-order valence-electron chi connectivity index (χ2n) is 9.92. The van der Waals surface area contributed by atoms with Crippen LogP contribution in [0.15, 0.2) is 49.2 Å². The first kappa shape index (κ1) is 24.8. The molecule has 4 heterocycles. The summed E-state index contributed by atoms with van der Waals surface area (Å²) in [5.41, 5.74) is 4.90. The Kier molecular flexibility index (Phi) is 7.02. The zero-order valence-corrected chi connectivity index (χ0v) is 23.3. The van der Waals surface area contributed by atoms with E-state index in [-0.39, 0.29) is 0 Å². The molecule has 4 aromatic heterocycles. The van der Waals surface area contributed by atoms with Crippen LogP contribution in [0.3, 0.4) is 0 Å². The van der Waals surface area contributed by atoms with Gasteiger partial charge in [-0.1, -0.05) is 43.4 Å². The van der Waals surface area contributed by atoms with Gasteiger partial charge in [-0.15, -0.1) is 16.4 Å². The number of ether oxygens (including phenoxy) is 1. The van der Waals surface area contributed by atoms with Crippen LogP contribution in [0.2, 0.25) is 30.7 Å². The average molecular weight is 538 g/mol. The van der Waals surface area contributed by atoms with Gasteiger partial charge in [0.2, 0.25) is 0 Å². The summed E-state index contributed by atoms with van der Waals surface area (Å²) in [5, 5.41) is 10.9. The lowest BCUT2D eigenvalue weighted by molar-refractivity contribution is 0.0785. The van der Waals surface area contributed by atoms with E-state index in [2.05, 4.69) is 34.7 Å². The Morgan fingerprint density at radius 2 is 1.86 bits per heavy atom. The number of aryl methyl sites for hydroxylation is 1. The van der Waals surface area contributed by atoms with Crippen LogP contribution in [0.5, 0.6) is 0 Å². The molecule has 0 aliphatic rings. The molecule has 0 fully saturated rings. The zero-order valence-electron chi connectivity index (χ0n) is 20.8.